The summed E-state index contributed by atoms with van der Waals surface area (Å²) in [6.07, 6.45) is 26.8. The number of fused-ring (bicyclic) bond motifs is 2. The van der Waals surface area contributed by atoms with Crippen LogP contribution in [0.4, 0.5) is 0 Å². The molecule has 0 aromatic carbocycles. The SMILES string of the molecule is C1CCC2CC(NC3CCCCC3NC3CCC4CCCCC4C3)CCC2C1. The number of hydrogen-bond acceptors (Lipinski definition) is 2. The summed E-state index contributed by atoms with van der Waals surface area (Å²) in [4.78, 5) is 0. The third kappa shape index (κ3) is 4.64. The van der Waals surface area contributed by atoms with Gasteiger partial charge >= 0.3 is 0 Å². The van der Waals surface area contributed by atoms with Crippen LogP contribution in [0, 0.1) is 23.7 Å². The van der Waals surface area contributed by atoms with Crippen molar-refractivity contribution < 1.29 is 0 Å². The third-order valence-electron chi connectivity index (χ3n) is 9.74. The maximum absolute atomic E-state index is 4.22. The highest BCUT2D eigenvalue weighted by atomic mass is 15.1. The second kappa shape index (κ2) is 9.38. The molecule has 5 rings (SSSR count). The van der Waals surface area contributed by atoms with Crippen molar-refractivity contribution in [3.8, 4) is 0 Å². The fourth-order valence-corrected chi connectivity index (χ4v) is 8.18. The highest BCUT2D eigenvalue weighted by Gasteiger charge is 2.37. The van der Waals surface area contributed by atoms with Crippen molar-refractivity contribution in [1.29, 1.82) is 0 Å². The Hall–Kier alpha value is -0.0800. The molecule has 0 aliphatic heterocycles. The molecule has 2 nitrogen and oxygen atoms in total. The molecule has 5 saturated carbocycles. The summed E-state index contributed by atoms with van der Waals surface area (Å²) in [6.45, 7) is 0. The summed E-state index contributed by atoms with van der Waals surface area (Å²) in [5.41, 5.74) is 0. The van der Waals surface area contributed by atoms with E-state index in [1.54, 1.807) is 0 Å². The van der Waals surface area contributed by atoms with E-state index in [0.717, 1.165) is 47.8 Å². The molecular formula is C26H46N2. The first-order chi connectivity index (χ1) is 13.8. The molecule has 0 amide bonds. The molecular weight excluding hydrogens is 340 g/mol. The minimum Gasteiger partial charge on any atom is -0.310 e. The predicted molar refractivity (Wildman–Crippen MR) is 118 cm³/mol. The molecule has 0 bridgehead atoms. The first kappa shape index (κ1) is 19.9. The standard InChI is InChI=1S/C26H46N2/c1-3-9-21-17-23(15-13-19(21)7-1)27-25-11-5-6-12-26(25)28-24-16-14-20-8-2-4-10-22(20)18-24/h19-28H,1-18H2. The van der Waals surface area contributed by atoms with Gasteiger partial charge in [0, 0.05) is 24.2 Å². The van der Waals surface area contributed by atoms with E-state index in [0.29, 0.717) is 0 Å². The van der Waals surface area contributed by atoms with E-state index in [-0.39, 0.29) is 0 Å². The van der Waals surface area contributed by atoms with Crippen LogP contribution in [0.25, 0.3) is 0 Å². The lowest BCUT2D eigenvalue weighted by Crippen LogP contribution is -2.57. The van der Waals surface area contributed by atoms with Gasteiger partial charge < -0.3 is 10.6 Å². The Labute approximate surface area is 174 Å². The average molecular weight is 387 g/mol. The van der Waals surface area contributed by atoms with Crippen LogP contribution in [-0.4, -0.2) is 24.2 Å². The normalized spacial score (nSPS) is 47.1. The van der Waals surface area contributed by atoms with Crippen LogP contribution >= 0.6 is 0 Å². The zero-order valence-corrected chi connectivity index (χ0v) is 18.3. The van der Waals surface area contributed by atoms with Gasteiger partial charge in [0.1, 0.15) is 0 Å². The summed E-state index contributed by atoms with van der Waals surface area (Å²) >= 11 is 0. The van der Waals surface area contributed by atoms with Gasteiger partial charge in [-0.05, 0) is 75.0 Å². The molecule has 2 heteroatoms. The van der Waals surface area contributed by atoms with Crippen molar-refractivity contribution in [3.05, 3.63) is 0 Å². The molecule has 0 radical (unpaired) electrons. The van der Waals surface area contributed by atoms with Gasteiger partial charge in [-0.2, -0.15) is 0 Å². The van der Waals surface area contributed by atoms with Gasteiger partial charge in [-0.15, -0.1) is 0 Å². The molecule has 160 valence electrons. The second-order valence-electron chi connectivity index (χ2n) is 11.5. The largest absolute Gasteiger partial charge is 0.310 e. The van der Waals surface area contributed by atoms with E-state index >= 15 is 0 Å². The number of nitrogens with one attached hydrogen (secondary N) is 2. The fraction of sp³-hybridized carbons (Fsp3) is 1.00. The quantitative estimate of drug-likeness (QED) is 0.601. The fourth-order valence-electron chi connectivity index (χ4n) is 8.18. The van der Waals surface area contributed by atoms with Crippen LogP contribution in [-0.2, 0) is 0 Å². The van der Waals surface area contributed by atoms with Gasteiger partial charge in [-0.3, -0.25) is 0 Å². The van der Waals surface area contributed by atoms with E-state index in [2.05, 4.69) is 10.6 Å². The summed E-state index contributed by atoms with van der Waals surface area (Å²) in [6, 6.07) is 3.15. The first-order valence-electron chi connectivity index (χ1n) is 13.4. The zero-order valence-electron chi connectivity index (χ0n) is 18.3. The lowest BCUT2D eigenvalue weighted by atomic mass is 9.69. The Kier molecular flexibility index (Phi) is 6.65. The predicted octanol–water partition coefficient (Wildman–Crippen LogP) is 6.19. The molecule has 0 aromatic heterocycles. The van der Waals surface area contributed by atoms with Gasteiger partial charge in [0.2, 0.25) is 0 Å². The molecule has 2 N–H and O–H groups in total. The summed E-state index contributed by atoms with van der Waals surface area (Å²) in [7, 11) is 0. The van der Waals surface area contributed by atoms with Crippen LogP contribution in [0.2, 0.25) is 0 Å². The molecule has 0 aromatic rings. The van der Waals surface area contributed by atoms with Gasteiger partial charge in [0.15, 0.2) is 0 Å². The Balaban J connectivity index is 1.14. The van der Waals surface area contributed by atoms with E-state index in [4.69, 9.17) is 0 Å². The second-order valence-corrected chi connectivity index (χ2v) is 11.5. The Morgan fingerprint density at radius 2 is 0.750 bits per heavy atom. The van der Waals surface area contributed by atoms with E-state index in [1.807, 2.05) is 0 Å². The van der Waals surface area contributed by atoms with E-state index in [9.17, 15) is 0 Å². The van der Waals surface area contributed by atoms with Crippen molar-refractivity contribution in [2.45, 2.75) is 140 Å². The average Bonchev–Trinajstić information content (AvgIpc) is 2.75. The summed E-state index contributed by atoms with van der Waals surface area (Å²) in [5, 5.41) is 8.45. The lowest BCUT2D eigenvalue weighted by Gasteiger charge is -2.45. The van der Waals surface area contributed by atoms with Crippen molar-refractivity contribution in [3.63, 3.8) is 0 Å². The molecule has 0 saturated heterocycles. The topological polar surface area (TPSA) is 24.1 Å². The molecule has 0 heterocycles. The highest BCUT2D eigenvalue weighted by Crippen LogP contribution is 2.42. The minimum absolute atomic E-state index is 0.753. The molecule has 8 atom stereocenters. The van der Waals surface area contributed by atoms with Crippen LogP contribution in [0.3, 0.4) is 0 Å². The smallest absolute Gasteiger partial charge is 0.0223 e. The van der Waals surface area contributed by atoms with Gasteiger partial charge in [0.25, 0.3) is 0 Å². The summed E-state index contributed by atoms with van der Waals surface area (Å²) < 4.78 is 0. The molecule has 28 heavy (non-hydrogen) atoms. The maximum atomic E-state index is 4.22. The molecule has 5 fully saturated rings. The first-order valence-corrected chi connectivity index (χ1v) is 13.4. The Bertz CT molecular complexity index is 447. The van der Waals surface area contributed by atoms with Gasteiger partial charge in [-0.1, -0.05) is 64.2 Å². The summed E-state index contributed by atoms with van der Waals surface area (Å²) in [5.74, 6) is 4.27. The van der Waals surface area contributed by atoms with E-state index < -0.39 is 0 Å². The van der Waals surface area contributed by atoms with Crippen molar-refractivity contribution >= 4 is 0 Å². The molecule has 5 aliphatic carbocycles. The number of rotatable bonds is 4. The van der Waals surface area contributed by atoms with Crippen molar-refractivity contribution in [1.82, 2.24) is 10.6 Å². The highest BCUT2D eigenvalue weighted by molar-refractivity contribution is 4.95. The molecule has 8 unspecified atom stereocenters. The van der Waals surface area contributed by atoms with Crippen LogP contribution in [0.5, 0.6) is 0 Å². The lowest BCUT2D eigenvalue weighted by molar-refractivity contribution is 0.114. The Morgan fingerprint density at radius 1 is 0.357 bits per heavy atom. The number of hydrogen-bond donors (Lipinski definition) is 2. The maximum Gasteiger partial charge on any atom is 0.0223 e. The third-order valence-corrected chi connectivity index (χ3v) is 9.74. The van der Waals surface area contributed by atoms with Crippen LogP contribution in [0.1, 0.15) is 116 Å². The minimum atomic E-state index is 0.753. The van der Waals surface area contributed by atoms with Crippen LogP contribution in [0.15, 0.2) is 0 Å². The van der Waals surface area contributed by atoms with Crippen LogP contribution < -0.4 is 10.6 Å². The molecule has 5 aliphatic rings. The molecule has 0 spiro atoms. The van der Waals surface area contributed by atoms with Crippen molar-refractivity contribution in [2.24, 2.45) is 23.7 Å². The monoisotopic (exact) mass is 386 g/mol. The zero-order chi connectivity index (χ0) is 18.8. The van der Waals surface area contributed by atoms with Gasteiger partial charge in [-0.25, -0.2) is 0 Å². The van der Waals surface area contributed by atoms with Crippen molar-refractivity contribution in [2.75, 3.05) is 0 Å². The van der Waals surface area contributed by atoms with Gasteiger partial charge in [0.05, 0.1) is 0 Å². The van der Waals surface area contributed by atoms with E-state index in [1.165, 1.54) is 116 Å². The Morgan fingerprint density at radius 3 is 1.21 bits per heavy atom.